The molecule has 0 bridgehead atoms. The van der Waals surface area contributed by atoms with Gasteiger partial charge in [-0.2, -0.15) is 0 Å². The van der Waals surface area contributed by atoms with Crippen LogP contribution in [0, 0.1) is 6.92 Å². The third kappa shape index (κ3) is 4.03. The number of halogens is 1. The highest BCUT2D eigenvalue weighted by Gasteiger charge is 2.47. The maximum absolute atomic E-state index is 11.8. The third-order valence-electron chi connectivity index (χ3n) is 5.46. The first-order valence-corrected chi connectivity index (χ1v) is 12.5. The number of phenolic OH excluding ortho intramolecular Hbond substituents is 3. The number of aliphatic hydroxyl groups is 1. The molecule has 0 aromatic heterocycles. The maximum atomic E-state index is 11.8. The zero-order valence-electron chi connectivity index (χ0n) is 15.4. The van der Waals surface area contributed by atoms with Crippen LogP contribution in [0.25, 0.3) is 0 Å². The topological polar surface area (TPSA) is 80.9 Å². The molecule has 2 aromatic carbocycles. The van der Waals surface area contributed by atoms with Gasteiger partial charge in [0.05, 0.1) is 5.60 Å². The lowest BCUT2D eigenvalue weighted by Crippen LogP contribution is -2.37. The van der Waals surface area contributed by atoms with Gasteiger partial charge in [-0.3, -0.25) is 0 Å². The Kier molecular flexibility index (Phi) is 6.17. The lowest BCUT2D eigenvalue weighted by molar-refractivity contribution is 0.0256. The summed E-state index contributed by atoms with van der Waals surface area (Å²) in [5, 5.41) is 41.9. The fourth-order valence-corrected chi connectivity index (χ4v) is 6.28. The predicted octanol–water partition coefficient (Wildman–Crippen LogP) is 5.17. The maximum Gasteiger partial charge on any atom is 0.157 e. The Balaban J connectivity index is 2.12. The van der Waals surface area contributed by atoms with Gasteiger partial charge in [0, 0.05) is 17.6 Å². The van der Waals surface area contributed by atoms with Crippen LogP contribution < -0.4 is 0 Å². The summed E-state index contributed by atoms with van der Waals surface area (Å²) in [6, 6.07) is 8.33. The smallest absolute Gasteiger partial charge is 0.157 e. The van der Waals surface area contributed by atoms with E-state index in [1.165, 1.54) is 0 Å². The molecule has 0 radical (unpaired) electrons. The van der Waals surface area contributed by atoms with Crippen LogP contribution in [0.1, 0.15) is 54.4 Å². The molecule has 0 aliphatic heterocycles. The van der Waals surface area contributed by atoms with E-state index in [1.54, 1.807) is 33.2 Å². The molecule has 0 heterocycles. The number of hydrogen-bond acceptors (Lipinski definition) is 5. The van der Waals surface area contributed by atoms with Crippen molar-refractivity contribution < 1.29 is 20.4 Å². The monoisotopic (exact) mass is 500 g/mol. The van der Waals surface area contributed by atoms with Gasteiger partial charge in [-0.05, 0) is 87.5 Å². The predicted molar refractivity (Wildman–Crippen MR) is 118 cm³/mol. The van der Waals surface area contributed by atoms with Crippen LogP contribution >= 0.6 is 30.1 Å². The minimum Gasteiger partial charge on any atom is -0.508 e. The standard InChI is InChI=1S/C21H25IO4S/c1-3-4-15(27-22)11-21(26)10-13-8-18(24)19(25)9-17(13)20(21)16-6-5-14(23)7-12(16)2/h5-9,15,20,23-26H,3-4,10-11H2,1-2H3. The molecule has 3 unspecified atom stereocenters. The summed E-state index contributed by atoms with van der Waals surface area (Å²) in [4.78, 5) is 0. The summed E-state index contributed by atoms with van der Waals surface area (Å²) < 4.78 is 0. The number of aromatic hydroxyl groups is 3. The fourth-order valence-electron chi connectivity index (χ4n) is 4.30. The summed E-state index contributed by atoms with van der Waals surface area (Å²) in [5.74, 6) is -0.457. The highest BCUT2D eigenvalue weighted by molar-refractivity contribution is 14.2. The van der Waals surface area contributed by atoms with E-state index in [0.717, 1.165) is 35.1 Å². The average Bonchev–Trinajstić information content (AvgIpc) is 2.86. The Morgan fingerprint density at radius 2 is 1.85 bits per heavy atom. The normalized spacial score (nSPS) is 22.6. The van der Waals surface area contributed by atoms with Crippen molar-refractivity contribution in [2.75, 3.05) is 0 Å². The van der Waals surface area contributed by atoms with E-state index in [4.69, 9.17) is 0 Å². The van der Waals surface area contributed by atoms with Crippen molar-refractivity contribution in [2.45, 2.75) is 56.3 Å². The third-order valence-corrected chi connectivity index (χ3v) is 8.28. The van der Waals surface area contributed by atoms with E-state index in [9.17, 15) is 20.4 Å². The summed E-state index contributed by atoms with van der Waals surface area (Å²) >= 11 is 2.30. The van der Waals surface area contributed by atoms with Crippen molar-refractivity contribution in [3.63, 3.8) is 0 Å². The van der Waals surface area contributed by atoms with Crippen molar-refractivity contribution in [3.8, 4) is 17.2 Å². The Bertz CT molecular complexity index is 841. The lowest BCUT2D eigenvalue weighted by Gasteiger charge is -2.34. The average molecular weight is 500 g/mol. The molecule has 0 amide bonds. The number of benzene rings is 2. The molecule has 6 heteroatoms. The fraction of sp³-hybridized carbons (Fsp3) is 0.429. The molecule has 2 aromatic rings. The Morgan fingerprint density at radius 3 is 2.48 bits per heavy atom. The van der Waals surface area contributed by atoms with E-state index in [1.807, 2.05) is 13.0 Å². The van der Waals surface area contributed by atoms with Crippen LogP contribution in [-0.2, 0) is 6.42 Å². The molecule has 3 atom stereocenters. The van der Waals surface area contributed by atoms with Crippen LogP contribution in [-0.4, -0.2) is 31.3 Å². The van der Waals surface area contributed by atoms with Gasteiger partial charge in [-0.15, -0.1) is 0 Å². The summed E-state index contributed by atoms with van der Waals surface area (Å²) in [6.45, 7) is 4.06. The van der Waals surface area contributed by atoms with E-state index < -0.39 is 5.60 Å². The van der Waals surface area contributed by atoms with Crippen LogP contribution in [0.5, 0.6) is 17.2 Å². The van der Waals surface area contributed by atoms with Gasteiger partial charge in [0.15, 0.2) is 11.5 Å². The second kappa shape index (κ2) is 8.09. The zero-order valence-corrected chi connectivity index (χ0v) is 18.4. The van der Waals surface area contributed by atoms with E-state index in [-0.39, 0.29) is 23.2 Å². The SMILES string of the molecule is CCCC(CC1(O)Cc2cc(O)c(O)cc2C1c1ccc(O)cc1C)SI. The first-order chi connectivity index (χ1) is 12.8. The molecule has 0 saturated heterocycles. The van der Waals surface area contributed by atoms with Gasteiger partial charge in [-0.25, -0.2) is 0 Å². The summed E-state index contributed by atoms with van der Waals surface area (Å²) in [5.41, 5.74) is 2.53. The first-order valence-electron chi connectivity index (χ1n) is 9.13. The highest BCUT2D eigenvalue weighted by Crippen LogP contribution is 2.52. The number of aryl methyl sites for hydroxylation is 1. The quantitative estimate of drug-likeness (QED) is 0.325. The molecule has 4 nitrogen and oxygen atoms in total. The summed E-state index contributed by atoms with van der Waals surface area (Å²) in [6.07, 6.45) is 3.12. The van der Waals surface area contributed by atoms with E-state index in [2.05, 4.69) is 28.1 Å². The first kappa shape index (κ1) is 20.6. The van der Waals surface area contributed by atoms with Gasteiger partial charge in [-0.1, -0.05) is 28.3 Å². The Labute approximate surface area is 176 Å². The van der Waals surface area contributed by atoms with Crippen molar-refractivity contribution in [2.24, 2.45) is 0 Å². The van der Waals surface area contributed by atoms with Crippen molar-refractivity contribution >= 4 is 30.1 Å². The van der Waals surface area contributed by atoms with Gasteiger partial charge in [0.1, 0.15) is 5.75 Å². The second-order valence-corrected chi connectivity index (χ2v) is 9.87. The van der Waals surface area contributed by atoms with Crippen LogP contribution in [0.3, 0.4) is 0 Å². The second-order valence-electron chi connectivity index (χ2n) is 7.50. The van der Waals surface area contributed by atoms with E-state index in [0.29, 0.717) is 18.1 Å². The molecule has 27 heavy (non-hydrogen) atoms. The van der Waals surface area contributed by atoms with Crippen molar-refractivity contribution in [1.82, 2.24) is 0 Å². The largest absolute Gasteiger partial charge is 0.508 e. The lowest BCUT2D eigenvalue weighted by atomic mass is 9.77. The number of rotatable bonds is 6. The van der Waals surface area contributed by atoms with Gasteiger partial charge < -0.3 is 20.4 Å². The van der Waals surface area contributed by atoms with Crippen molar-refractivity contribution in [1.29, 1.82) is 0 Å². The molecular formula is C21H25IO4S. The van der Waals surface area contributed by atoms with Crippen molar-refractivity contribution in [3.05, 3.63) is 52.6 Å². The molecule has 1 aliphatic rings. The molecule has 4 N–H and O–H groups in total. The molecule has 0 fully saturated rings. The number of hydrogen-bond donors (Lipinski definition) is 4. The van der Waals surface area contributed by atoms with Gasteiger partial charge in [0.25, 0.3) is 0 Å². The Morgan fingerprint density at radius 1 is 1.15 bits per heavy atom. The minimum atomic E-state index is -1.01. The van der Waals surface area contributed by atoms with Crippen LogP contribution in [0.15, 0.2) is 30.3 Å². The van der Waals surface area contributed by atoms with Gasteiger partial charge >= 0.3 is 0 Å². The zero-order chi connectivity index (χ0) is 19.8. The number of fused-ring (bicyclic) bond motifs is 1. The number of phenols is 3. The molecule has 0 spiro atoms. The highest BCUT2D eigenvalue weighted by atomic mass is 127. The minimum absolute atomic E-state index is 0.160. The van der Waals surface area contributed by atoms with Gasteiger partial charge in [0.2, 0.25) is 0 Å². The molecule has 1 aliphatic carbocycles. The molecule has 146 valence electrons. The van der Waals surface area contributed by atoms with Crippen LogP contribution in [0.4, 0.5) is 0 Å². The Hall–Kier alpha value is -1.12. The summed E-state index contributed by atoms with van der Waals surface area (Å²) in [7, 11) is 1.74. The molecule has 0 saturated carbocycles. The van der Waals surface area contributed by atoms with E-state index >= 15 is 0 Å². The van der Waals surface area contributed by atoms with Crippen LogP contribution in [0.2, 0.25) is 0 Å². The molecular weight excluding hydrogens is 475 g/mol. The molecule has 3 rings (SSSR count).